The number of hydrogen-bond donors (Lipinski definition) is 1. The molecule has 0 aliphatic heterocycles. The van der Waals surface area contributed by atoms with Crippen LogP contribution in [0.2, 0.25) is 5.02 Å². The lowest BCUT2D eigenvalue weighted by atomic mass is 9.89. The lowest BCUT2D eigenvalue weighted by molar-refractivity contribution is -0.137. The number of alkyl halides is 3. The molecule has 1 unspecified atom stereocenters. The maximum absolute atomic E-state index is 12.6. The molecule has 0 aromatic heterocycles. The van der Waals surface area contributed by atoms with Gasteiger partial charge in [0.15, 0.2) is 0 Å². The molecule has 17 heavy (non-hydrogen) atoms. The summed E-state index contributed by atoms with van der Waals surface area (Å²) in [6.07, 6.45) is -3.68. The molecule has 1 aliphatic rings. The largest absolute Gasteiger partial charge is 0.416 e. The van der Waals surface area contributed by atoms with Crippen LogP contribution < -0.4 is 0 Å². The first-order valence-corrected chi connectivity index (χ1v) is 5.70. The summed E-state index contributed by atoms with van der Waals surface area (Å²) in [4.78, 5) is 0. The molecular weight excluding hydrogens is 253 g/mol. The third kappa shape index (κ3) is 2.29. The molecule has 1 nitrogen and oxygen atoms in total. The Balaban J connectivity index is 2.47. The minimum absolute atomic E-state index is 0.0572. The van der Waals surface area contributed by atoms with Crippen LogP contribution in [0.15, 0.2) is 18.2 Å². The molecule has 0 spiro atoms. The van der Waals surface area contributed by atoms with Crippen LogP contribution in [-0.2, 0) is 11.6 Å². The molecule has 0 heterocycles. The van der Waals surface area contributed by atoms with Gasteiger partial charge in [-0.3, -0.25) is 0 Å². The second-order valence-electron chi connectivity index (χ2n) is 4.56. The maximum atomic E-state index is 12.6. The van der Waals surface area contributed by atoms with E-state index in [-0.39, 0.29) is 5.02 Å². The number of benzene rings is 1. The molecule has 2 rings (SSSR count). The van der Waals surface area contributed by atoms with E-state index in [0.717, 1.165) is 12.1 Å². The van der Waals surface area contributed by atoms with Crippen molar-refractivity contribution < 1.29 is 18.3 Å². The summed E-state index contributed by atoms with van der Waals surface area (Å²) in [5.74, 6) is 0. The normalized spacial score (nSPS) is 20.1. The van der Waals surface area contributed by atoms with E-state index in [4.69, 9.17) is 11.6 Å². The van der Waals surface area contributed by atoms with E-state index in [1.54, 1.807) is 6.92 Å². The molecule has 1 N–H and O–H groups in total. The van der Waals surface area contributed by atoms with E-state index in [0.29, 0.717) is 18.4 Å². The first kappa shape index (κ1) is 12.7. The van der Waals surface area contributed by atoms with Gasteiger partial charge in [-0.2, -0.15) is 13.2 Å². The van der Waals surface area contributed by atoms with Crippen LogP contribution in [0.25, 0.3) is 0 Å². The van der Waals surface area contributed by atoms with Gasteiger partial charge in [-0.1, -0.05) is 11.6 Å². The summed E-state index contributed by atoms with van der Waals surface area (Å²) in [7, 11) is 0. The topological polar surface area (TPSA) is 20.2 Å². The Morgan fingerprint density at radius 2 is 1.88 bits per heavy atom. The van der Waals surface area contributed by atoms with Gasteiger partial charge in [-0.15, -0.1) is 0 Å². The van der Waals surface area contributed by atoms with Crippen molar-refractivity contribution in [2.24, 2.45) is 0 Å². The van der Waals surface area contributed by atoms with Gasteiger partial charge in [-0.05, 0) is 43.5 Å². The Bertz CT molecular complexity index is 436. The summed E-state index contributed by atoms with van der Waals surface area (Å²) in [5.41, 5.74) is -0.815. The van der Waals surface area contributed by atoms with Crippen LogP contribution in [0.1, 0.15) is 30.9 Å². The summed E-state index contributed by atoms with van der Waals surface area (Å²) >= 11 is 5.71. The number of aliphatic hydroxyl groups excluding tert-OH is 1. The van der Waals surface area contributed by atoms with Crippen LogP contribution in [0.5, 0.6) is 0 Å². The Morgan fingerprint density at radius 3 is 2.29 bits per heavy atom. The number of aliphatic hydroxyl groups is 1. The van der Waals surface area contributed by atoms with Crippen molar-refractivity contribution in [3.05, 3.63) is 34.3 Å². The highest BCUT2D eigenvalue weighted by atomic mass is 35.5. The van der Waals surface area contributed by atoms with E-state index in [2.05, 4.69) is 0 Å². The van der Waals surface area contributed by atoms with Gasteiger partial charge in [0.25, 0.3) is 0 Å². The highest BCUT2D eigenvalue weighted by molar-refractivity contribution is 6.30. The molecule has 0 bridgehead atoms. The van der Waals surface area contributed by atoms with Crippen molar-refractivity contribution in [1.82, 2.24) is 0 Å². The minimum atomic E-state index is -4.41. The molecule has 1 aliphatic carbocycles. The summed E-state index contributed by atoms with van der Waals surface area (Å²) in [6, 6.07) is 3.51. The fourth-order valence-electron chi connectivity index (χ4n) is 2.12. The molecule has 1 fully saturated rings. The molecule has 0 amide bonds. The Labute approximate surface area is 102 Å². The Kier molecular flexibility index (Phi) is 2.91. The molecule has 1 atom stereocenters. The van der Waals surface area contributed by atoms with Crippen LogP contribution in [0.4, 0.5) is 13.2 Å². The van der Waals surface area contributed by atoms with E-state index in [9.17, 15) is 18.3 Å². The molecule has 0 radical (unpaired) electrons. The average molecular weight is 265 g/mol. The summed E-state index contributed by atoms with van der Waals surface area (Å²) < 4.78 is 37.9. The van der Waals surface area contributed by atoms with Gasteiger partial charge in [0.05, 0.1) is 11.7 Å². The fraction of sp³-hybridized carbons (Fsp3) is 0.500. The molecule has 0 saturated heterocycles. The second-order valence-corrected chi connectivity index (χ2v) is 4.99. The zero-order valence-corrected chi connectivity index (χ0v) is 9.94. The Hall–Kier alpha value is -0.740. The van der Waals surface area contributed by atoms with Crippen molar-refractivity contribution in [3.8, 4) is 0 Å². The lowest BCUT2D eigenvalue weighted by Gasteiger charge is -2.20. The predicted molar refractivity (Wildman–Crippen MR) is 59.0 cm³/mol. The number of halogens is 4. The molecule has 1 aromatic rings. The quantitative estimate of drug-likeness (QED) is 0.862. The van der Waals surface area contributed by atoms with Crippen molar-refractivity contribution in [2.75, 3.05) is 0 Å². The van der Waals surface area contributed by atoms with Crippen molar-refractivity contribution >= 4 is 11.6 Å². The minimum Gasteiger partial charge on any atom is -0.392 e. The van der Waals surface area contributed by atoms with Crippen molar-refractivity contribution in [2.45, 2.75) is 37.5 Å². The standard InChI is InChI=1S/C12H12ClF3O/c1-7(17)11(2-3-11)8-4-9(12(14,15)16)6-10(13)5-8/h4-7,17H,2-3H2,1H3. The van der Waals surface area contributed by atoms with Crippen LogP contribution in [-0.4, -0.2) is 11.2 Å². The molecular formula is C12H12ClF3O. The molecule has 1 aromatic carbocycles. The first-order chi connectivity index (χ1) is 7.75. The lowest BCUT2D eigenvalue weighted by Crippen LogP contribution is -2.23. The maximum Gasteiger partial charge on any atom is 0.416 e. The van der Waals surface area contributed by atoms with E-state index in [1.807, 2.05) is 0 Å². The van der Waals surface area contributed by atoms with Gasteiger partial charge in [0.1, 0.15) is 0 Å². The highest BCUT2D eigenvalue weighted by Crippen LogP contribution is 2.52. The Morgan fingerprint density at radius 1 is 1.29 bits per heavy atom. The van der Waals surface area contributed by atoms with Crippen molar-refractivity contribution in [3.63, 3.8) is 0 Å². The van der Waals surface area contributed by atoms with E-state index in [1.165, 1.54) is 6.07 Å². The second kappa shape index (κ2) is 3.89. The molecule has 94 valence electrons. The number of hydrogen-bond acceptors (Lipinski definition) is 1. The van der Waals surface area contributed by atoms with E-state index >= 15 is 0 Å². The zero-order valence-electron chi connectivity index (χ0n) is 9.18. The van der Waals surface area contributed by atoms with Gasteiger partial charge in [0, 0.05) is 10.4 Å². The number of rotatable bonds is 2. The van der Waals surface area contributed by atoms with Crippen molar-refractivity contribution in [1.29, 1.82) is 0 Å². The zero-order chi connectivity index (χ0) is 12.8. The van der Waals surface area contributed by atoms with Gasteiger partial charge < -0.3 is 5.11 Å². The highest BCUT2D eigenvalue weighted by Gasteiger charge is 2.49. The van der Waals surface area contributed by atoms with Crippen LogP contribution in [0.3, 0.4) is 0 Å². The third-order valence-corrected chi connectivity index (χ3v) is 3.61. The monoisotopic (exact) mass is 264 g/mol. The third-order valence-electron chi connectivity index (χ3n) is 3.39. The average Bonchev–Trinajstić information content (AvgIpc) is 2.95. The SMILES string of the molecule is CC(O)C1(c2cc(Cl)cc(C(F)(F)F)c2)CC1. The smallest absolute Gasteiger partial charge is 0.392 e. The molecule has 5 heteroatoms. The van der Waals surface area contributed by atoms with Gasteiger partial charge >= 0.3 is 6.18 Å². The van der Waals surface area contributed by atoms with Crippen LogP contribution >= 0.6 is 11.6 Å². The predicted octanol–water partition coefficient (Wildman–Crippen LogP) is 3.77. The van der Waals surface area contributed by atoms with E-state index < -0.39 is 23.3 Å². The summed E-state index contributed by atoms with van der Waals surface area (Å²) in [6.45, 7) is 1.60. The first-order valence-electron chi connectivity index (χ1n) is 5.32. The molecule has 1 saturated carbocycles. The fourth-order valence-corrected chi connectivity index (χ4v) is 2.36. The van der Waals surface area contributed by atoms with Crippen LogP contribution in [0, 0.1) is 0 Å². The van der Waals surface area contributed by atoms with Gasteiger partial charge in [-0.25, -0.2) is 0 Å². The summed E-state index contributed by atoms with van der Waals surface area (Å²) in [5, 5.41) is 9.71. The van der Waals surface area contributed by atoms with Gasteiger partial charge in [0.2, 0.25) is 0 Å².